The normalized spacial score (nSPS) is 27.9. The first-order valence-electron chi connectivity index (χ1n) is 9.02. The maximum Gasteiger partial charge on any atom is 0.0510 e. The highest BCUT2D eigenvalue weighted by atomic mass is 16.5. The summed E-state index contributed by atoms with van der Waals surface area (Å²) in [6.45, 7) is 16.1. The van der Waals surface area contributed by atoms with Crippen molar-refractivity contribution in [3.63, 3.8) is 0 Å². The van der Waals surface area contributed by atoms with Crippen LogP contribution in [0.4, 0.5) is 0 Å². The molecule has 4 nitrogen and oxygen atoms in total. The van der Waals surface area contributed by atoms with Crippen molar-refractivity contribution in [3.8, 4) is 0 Å². The van der Waals surface area contributed by atoms with Gasteiger partial charge in [-0.1, -0.05) is 13.8 Å². The fourth-order valence-electron chi connectivity index (χ4n) is 3.50. The average Bonchev–Trinajstić information content (AvgIpc) is 3.05. The molecule has 2 saturated heterocycles. The van der Waals surface area contributed by atoms with Gasteiger partial charge in [0, 0.05) is 57.3 Å². The molecule has 0 aromatic rings. The minimum Gasteiger partial charge on any atom is -0.381 e. The third-order valence-corrected chi connectivity index (χ3v) is 5.27. The van der Waals surface area contributed by atoms with E-state index in [0.29, 0.717) is 12.0 Å². The first kappa shape index (κ1) is 17.2. The lowest BCUT2D eigenvalue weighted by atomic mass is 9.98. The highest BCUT2D eigenvalue weighted by molar-refractivity contribution is 4.85. The molecule has 0 bridgehead atoms. The smallest absolute Gasteiger partial charge is 0.0510 e. The zero-order valence-corrected chi connectivity index (χ0v) is 14.3. The van der Waals surface area contributed by atoms with Crippen molar-refractivity contribution in [1.82, 2.24) is 15.1 Å². The van der Waals surface area contributed by atoms with Crippen LogP contribution in [0.25, 0.3) is 0 Å². The lowest BCUT2D eigenvalue weighted by Crippen LogP contribution is -2.54. The number of nitrogens with one attached hydrogen (secondary N) is 1. The zero-order valence-electron chi connectivity index (χ0n) is 14.3. The lowest BCUT2D eigenvalue weighted by molar-refractivity contribution is 0.0855. The molecule has 0 aromatic heterocycles. The lowest BCUT2D eigenvalue weighted by Gasteiger charge is -2.40. The Balaban J connectivity index is 1.78. The molecule has 3 atom stereocenters. The van der Waals surface area contributed by atoms with Gasteiger partial charge in [0.25, 0.3) is 0 Å². The van der Waals surface area contributed by atoms with Crippen LogP contribution in [0.5, 0.6) is 0 Å². The summed E-state index contributed by atoms with van der Waals surface area (Å²) in [7, 11) is 0. The maximum atomic E-state index is 5.60. The van der Waals surface area contributed by atoms with Gasteiger partial charge in [-0.15, -0.1) is 0 Å². The highest BCUT2D eigenvalue weighted by Crippen LogP contribution is 2.19. The Bertz CT molecular complexity index is 273. The van der Waals surface area contributed by atoms with Gasteiger partial charge in [0.15, 0.2) is 0 Å². The van der Waals surface area contributed by atoms with Crippen LogP contribution in [-0.4, -0.2) is 74.4 Å². The highest BCUT2D eigenvalue weighted by Gasteiger charge is 2.28. The predicted molar refractivity (Wildman–Crippen MR) is 88.8 cm³/mol. The van der Waals surface area contributed by atoms with Crippen LogP contribution in [0.1, 0.15) is 40.0 Å². The molecule has 2 aliphatic rings. The Kier molecular flexibility index (Phi) is 7.44. The van der Waals surface area contributed by atoms with Crippen molar-refractivity contribution in [2.75, 3.05) is 52.5 Å². The van der Waals surface area contributed by atoms with Crippen molar-refractivity contribution >= 4 is 0 Å². The Morgan fingerprint density at radius 1 is 1.19 bits per heavy atom. The number of hydrogen-bond acceptors (Lipinski definition) is 4. The Hall–Kier alpha value is -0.160. The van der Waals surface area contributed by atoms with Crippen LogP contribution < -0.4 is 5.32 Å². The topological polar surface area (TPSA) is 27.7 Å². The van der Waals surface area contributed by atoms with E-state index in [0.717, 1.165) is 25.8 Å². The monoisotopic (exact) mass is 297 g/mol. The first-order valence-corrected chi connectivity index (χ1v) is 9.02. The molecule has 0 amide bonds. The molecular formula is C17H35N3O. The standard InChI is InChI=1S/C17H35N3O/c1-4-7-18-17(16-6-12-21-14-16)13-19-8-10-20(11-9-19)15(3)5-2/h15-18H,4-14H2,1-3H3. The van der Waals surface area contributed by atoms with Gasteiger partial charge in [-0.05, 0) is 32.7 Å². The molecule has 1 N–H and O–H groups in total. The maximum absolute atomic E-state index is 5.60. The van der Waals surface area contributed by atoms with E-state index in [1.165, 1.54) is 52.0 Å². The molecule has 2 rings (SSSR count). The second kappa shape index (κ2) is 9.09. The number of rotatable bonds is 8. The zero-order chi connectivity index (χ0) is 15.1. The Labute approximate surface area is 131 Å². The molecule has 0 aliphatic carbocycles. The molecule has 2 heterocycles. The molecule has 0 saturated carbocycles. The number of nitrogens with zero attached hydrogens (tertiary/aromatic N) is 2. The van der Waals surface area contributed by atoms with Crippen LogP contribution in [-0.2, 0) is 4.74 Å². The van der Waals surface area contributed by atoms with Crippen molar-refractivity contribution in [2.45, 2.75) is 52.1 Å². The van der Waals surface area contributed by atoms with Crippen molar-refractivity contribution < 1.29 is 4.74 Å². The summed E-state index contributed by atoms with van der Waals surface area (Å²) in [5.41, 5.74) is 0. The molecule has 0 spiro atoms. The van der Waals surface area contributed by atoms with Gasteiger partial charge in [0.1, 0.15) is 0 Å². The first-order chi connectivity index (χ1) is 10.2. The van der Waals surface area contributed by atoms with Crippen LogP contribution in [0.15, 0.2) is 0 Å². The van der Waals surface area contributed by atoms with E-state index in [-0.39, 0.29) is 0 Å². The fraction of sp³-hybridized carbons (Fsp3) is 1.00. The van der Waals surface area contributed by atoms with E-state index in [1.807, 2.05) is 0 Å². The quantitative estimate of drug-likeness (QED) is 0.739. The van der Waals surface area contributed by atoms with Gasteiger partial charge in [-0.25, -0.2) is 0 Å². The molecule has 3 unspecified atom stereocenters. The third-order valence-electron chi connectivity index (χ3n) is 5.27. The number of piperazine rings is 1. The molecule has 4 heteroatoms. The fourth-order valence-corrected chi connectivity index (χ4v) is 3.50. The third kappa shape index (κ3) is 5.20. The van der Waals surface area contributed by atoms with Gasteiger partial charge >= 0.3 is 0 Å². The van der Waals surface area contributed by atoms with Crippen LogP contribution in [0, 0.1) is 5.92 Å². The number of ether oxygens (including phenoxy) is 1. The number of hydrogen-bond donors (Lipinski definition) is 1. The van der Waals surface area contributed by atoms with E-state index >= 15 is 0 Å². The van der Waals surface area contributed by atoms with Gasteiger partial charge in [0.05, 0.1) is 6.61 Å². The van der Waals surface area contributed by atoms with Crippen molar-refractivity contribution in [2.24, 2.45) is 5.92 Å². The Morgan fingerprint density at radius 3 is 2.52 bits per heavy atom. The van der Waals surface area contributed by atoms with E-state index in [2.05, 4.69) is 35.9 Å². The summed E-state index contributed by atoms with van der Waals surface area (Å²) in [5, 5.41) is 3.77. The van der Waals surface area contributed by atoms with E-state index in [4.69, 9.17) is 4.74 Å². The molecule has 0 radical (unpaired) electrons. The Morgan fingerprint density at radius 2 is 1.95 bits per heavy atom. The molecule has 2 aliphatic heterocycles. The summed E-state index contributed by atoms with van der Waals surface area (Å²) in [5.74, 6) is 0.712. The predicted octanol–water partition coefficient (Wildman–Crippen LogP) is 1.81. The second-order valence-electron chi connectivity index (χ2n) is 6.78. The summed E-state index contributed by atoms with van der Waals surface area (Å²) in [6, 6.07) is 1.35. The van der Waals surface area contributed by atoms with Crippen molar-refractivity contribution in [1.29, 1.82) is 0 Å². The molecule has 2 fully saturated rings. The minimum absolute atomic E-state index is 0.614. The van der Waals surface area contributed by atoms with Crippen molar-refractivity contribution in [3.05, 3.63) is 0 Å². The van der Waals surface area contributed by atoms with E-state index in [9.17, 15) is 0 Å². The average molecular weight is 297 g/mol. The van der Waals surface area contributed by atoms with Crippen LogP contribution in [0.2, 0.25) is 0 Å². The summed E-state index contributed by atoms with van der Waals surface area (Å²) in [6.07, 6.45) is 3.71. The molecule has 124 valence electrons. The van der Waals surface area contributed by atoms with Crippen LogP contribution >= 0.6 is 0 Å². The summed E-state index contributed by atoms with van der Waals surface area (Å²) in [4.78, 5) is 5.30. The van der Waals surface area contributed by atoms with Crippen LogP contribution in [0.3, 0.4) is 0 Å². The largest absolute Gasteiger partial charge is 0.381 e. The molecule has 0 aromatic carbocycles. The summed E-state index contributed by atoms with van der Waals surface area (Å²) >= 11 is 0. The van der Waals surface area contributed by atoms with Gasteiger partial charge < -0.3 is 10.1 Å². The van der Waals surface area contributed by atoms with E-state index in [1.54, 1.807) is 0 Å². The van der Waals surface area contributed by atoms with Gasteiger partial charge in [-0.2, -0.15) is 0 Å². The minimum atomic E-state index is 0.614. The van der Waals surface area contributed by atoms with Gasteiger partial charge in [-0.3, -0.25) is 9.80 Å². The summed E-state index contributed by atoms with van der Waals surface area (Å²) < 4.78 is 5.60. The van der Waals surface area contributed by atoms with Gasteiger partial charge in [0.2, 0.25) is 0 Å². The molecular weight excluding hydrogens is 262 g/mol. The molecule has 21 heavy (non-hydrogen) atoms. The second-order valence-corrected chi connectivity index (χ2v) is 6.78. The van der Waals surface area contributed by atoms with E-state index < -0.39 is 0 Å². The SMILES string of the molecule is CCCNC(CN1CCN(C(C)CC)CC1)C1CCOC1.